The Bertz CT molecular complexity index is 644. The van der Waals surface area contributed by atoms with Crippen LogP contribution in [-0.2, 0) is 6.54 Å². The number of piperidine rings is 1. The Kier molecular flexibility index (Phi) is 6.25. The number of hydrogen-bond donors (Lipinski definition) is 1. The van der Waals surface area contributed by atoms with Crippen molar-refractivity contribution in [3.05, 3.63) is 48.1 Å². The standard InChI is InChI=1S/C20H27F2N3O/c1-2-9-23-20(26)25-12-8-16(14-25)15-6-10-24(11-7-15)13-17-4-3-5-18(21)19(17)22/h2-5,15-16H,1,6-14H2,(H,23,26). The Morgan fingerprint density at radius 2 is 1.92 bits per heavy atom. The molecule has 26 heavy (non-hydrogen) atoms. The fourth-order valence-electron chi connectivity index (χ4n) is 4.12. The molecule has 1 unspecified atom stereocenters. The predicted molar refractivity (Wildman–Crippen MR) is 97.6 cm³/mol. The Labute approximate surface area is 153 Å². The van der Waals surface area contributed by atoms with Crippen molar-refractivity contribution in [2.45, 2.75) is 25.8 Å². The van der Waals surface area contributed by atoms with Gasteiger partial charge in [-0.25, -0.2) is 13.6 Å². The van der Waals surface area contributed by atoms with E-state index in [1.54, 1.807) is 18.2 Å². The van der Waals surface area contributed by atoms with Crippen molar-refractivity contribution >= 4 is 6.03 Å². The van der Waals surface area contributed by atoms with Crippen molar-refractivity contribution in [1.29, 1.82) is 0 Å². The van der Waals surface area contributed by atoms with Gasteiger partial charge in [0.15, 0.2) is 11.6 Å². The lowest BCUT2D eigenvalue weighted by molar-refractivity contribution is 0.140. The summed E-state index contributed by atoms with van der Waals surface area (Å²) in [6, 6.07) is 4.36. The van der Waals surface area contributed by atoms with Gasteiger partial charge in [-0.3, -0.25) is 4.90 Å². The van der Waals surface area contributed by atoms with Gasteiger partial charge in [0.05, 0.1) is 0 Å². The van der Waals surface area contributed by atoms with Crippen LogP contribution >= 0.6 is 0 Å². The van der Waals surface area contributed by atoms with E-state index in [9.17, 15) is 13.6 Å². The fraction of sp³-hybridized carbons (Fsp3) is 0.550. The zero-order chi connectivity index (χ0) is 18.5. The maximum absolute atomic E-state index is 13.8. The molecule has 1 atom stereocenters. The fourth-order valence-corrected chi connectivity index (χ4v) is 4.12. The van der Waals surface area contributed by atoms with E-state index in [1.165, 1.54) is 0 Å². The lowest BCUT2D eigenvalue weighted by Gasteiger charge is -2.35. The summed E-state index contributed by atoms with van der Waals surface area (Å²) in [6.07, 6.45) is 4.82. The van der Waals surface area contributed by atoms with Crippen molar-refractivity contribution < 1.29 is 13.6 Å². The molecular weight excluding hydrogens is 336 g/mol. The van der Waals surface area contributed by atoms with Gasteiger partial charge in [0.1, 0.15) is 0 Å². The van der Waals surface area contributed by atoms with Gasteiger partial charge in [-0.2, -0.15) is 0 Å². The van der Waals surface area contributed by atoms with E-state index in [4.69, 9.17) is 0 Å². The van der Waals surface area contributed by atoms with Gasteiger partial charge < -0.3 is 10.2 Å². The maximum atomic E-state index is 13.8. The van der Waals surface area contributed by atoms with Crippen molar-refractivity contribution in [2.75, 3.05) is 32.7 Å². The van der Waals surface area contributed by atoms with E-state index in [1.807, 2.05) is 4.90 Å². The van der Waals surface area contributed by atoms with Crippen LogP contribution in [0.4, 0.5) is 13.6 Å². The van der Waals surface area contributed by atoms with Crippen LogP contribution in [-0.4, -0.2) is 48.6 Å². The highest BCUT2D eigenvalue weighted by Crippen LogP contribution is 2.32. The van der Waals surface area contributed by atoms with E-state index >= 15 is 0 Å². The Morgan fingerprint density at radius 3 is 2.65 bits per heavy atom. The molecule has 4 nitrogen and oxygen atoms in total. The molecule has 0 aromatic heterocycles. The Morgan fingerprint density at radius 1 is 1.19 bits per heavy atom. The molecular formula is C20H27F2N3O. The van der Waals surface area contributed by atoms with E-state index < -0.39 is 11.6 Å². The monoisotopic (exact) mass is 363 g/mol. The summed E-state index contributed by atoms with van der Waals surface area (Å²) in [6.45, 7) is 7.96. The molecule has 0 radical (unpaired) electrons. The second kappa shape index (κ2) is 8.62. The van der Waals surface area contributed by atoms with Crippen LogP contribution in [0.3, 0.4) is 0 Å². The first-order valence-corrected chi connectivity index (χ1v) is 9.37. The SMILES string of the molecule is C=CCNC(=O)N1CCC(C2CCN(Cc3cccc(F)c3F)CC2)C1. The Balaban J connectivity index is 1.46. The van der Waals surface area contributed by atoms with E-state index in [2.05, 4.69) is 16.8 Å². The number of rotatable bonds is 5. The molecule has 1 N–H and O–H groups in total. The van der Waals surface area contributed by atoms with Gasteiger partial charge in [-0.1, -0.05) is 18.2 Å². The van der Waals surface area contributed by atoms with Crippen molar-refractivity contribution in [1.82, 2.24) is 15.1 Å². The quantitative estimate of drug-likeness (QED) is 0.814. The molecule has 0 aliphatic carbocycles. The summed E-state index contributed by atoms with van der Waals surface area (Å²) in [4.78, 5) is 16.1. The molecule has 0 bridgehead atoms. The highest BCUT2D eigenvalue weighted by atomic mass is 19.2. The average Bonchev–Trinajstić information content (AvgIpc) is 3.14. The minimum Gasteiger partial charge on any atom is -0.335 e. The third kappa shape index (κ3) is 4.41. The molecule has 2 saturated heterocycles. The number of benzene rings is 1. The zero-order valence-electron chi connectivity index (χ0n) is 15.1. The molecule has 0 saturated carbocycles. The number of halogens is 2. The number of hydrogen-bond acceptors (Lipinski definition) is 2. The largest absolute Gasteiger partial charge is 0.335 e. The number of likely N-dealkylation sites (tertiary alicyclic amines) is 2. The lowest BCUT2D eigenvalue weighted by atomic mass is 9.83. The third-order valence-corrected chi connectivity index (χ3v) is 5.63. The second-order valence-electron chi connectivity index (χ2n) is 7.30. The Hall–Kier alpha value is -1.95. The summed E-state index contributed by atoms with van der Waals surface area (Å²) in [7, 11) is 0. The molecule has 2 amide bonds. The van der Waals surface area contributed by atoms with Gasteiger partial charge in [-0.15, -0.1) is 6.58 Å². The molecule has 2 aliphatic rings. The maximum Gasteiger partial charge on any atom is 0.317 e. The minimum absolute atomic E-state index is 0.00795. The molecule has 2 aliphatic heterocycles. The van der Waals surface area contributed by atoms with E-state index in [0.29, 0.717) is 30.5 Å². The van der Waals surface area contributed by atoms with E-state index in [0.717, 1.165) is 51.5 Å². The average molecular weight is 363 g/mol. The van der Waals surface area contributed by atoms with Gasteiger partial charge in [0.25, 0.3) is 0 Å². The highest BCUT2D eigenvalue weighted by molar-refractivity contribution is 5.74. The van der Waals surface area contributed by atoms with Crippen molar-refractivity contribution in [3.63, 3.8) is 0 Å². The summed E-state index contributed by atoms with van der Waals surface area (Å²) in [5, 5.41) is 2.84. The normalized spacial score (nSPS) is 21.8. The predicted octanol–water partition coefficient (Wildman–Crippen LogP) is 3.39. The van der Waals surface area contributed by atoms with Crippen LogP contribution < -0.4 is 5.32 Å². The number of nitrogens with one attached hydrogen (secondary N) is 1. The van der Waals surface area contributed by atoms with Crippen LogP contribution in [0.2, 0.25) is 0 Å². The summed E-state index contributed by atoms with van der Waals surface area (Å²) >= 11 is 0. The molecule has 142 valence electrons. The topological polar surface area (TPSA) is 35.6 Å². The van der Waals surface area contributed by atoms with Crippen LogP contribution in [0.5, 0.6) is 0 Å². The third-order valence-electron chi connectivity index (χ3n) is 5.63. The first-order chi connectivity index (χ1) is 12.6. The second-order valence-corrected chi connectivity index (χ2v) is 7.30. The van der Waals surface area contributed by atoms with Crippen molar-refractivity contribution in [3.8, 4) is 0 Å². The first-order valence-electron chi connectivity index (χ1n) is 9.37. The smallest absolute Gasteiger partial charge is 0.317 e. The van der Waals surface area contributed by atoms with Crippen LogP contribution in [0.1, 0.15) is 24.8 Å². The molecule has 2 fully saturated rings. The summed E-state index contributed by atoms with van der Waals surface area (Å²) in [5.74, 6) is -0.372. The summed E-state index contributed by atoms with van der Waals surface area (Å²) in [5.41, 5.74) is 0.425. The minimum atomic E-state index is -0.779. The lowest BCUT2D eigenvalue weighted by Crippen LogP contribution is -2.40. The van der Waals surface area contributed by atoms with Gasteiger partial charge in [0.2, 0.25) is 0 Å². The molecule has 1 aromatic carbocycles. The number of amides is 2. The number of carbonyl (C=O) groups excluding carboxylic acids is 1. The molecule has 6 heteroatoms. The number of carbonyl (C=O) groups is 1. The molecule has 1 aromatic rings. The van der Waals surface area contributed by atoms with Crippen molar-refractivity contribution in [2.24, 2.45) is 11.8 Å². The van der Waals surface area contributed by atoms with Gasteiger partial charge >= 0.3 is 6.03 Å². The number of urea groups is 1. The molecule has 0 spiro atoms. The molecule has 2 heterocycles. The van der Waals surface area contributed by atoms with Gasteiger partial charge in [0, 0.05) is 31.7 Å². The zero-order valence-corrected chi connectivity index (χ0v) is 15.1. The van der Waals surface area contributed by atoms with E-state index in [-0.39, 0.29) is 6.03 Å². The summed E-state index contributed by atoms with van der Waals surface area (Å²) < 4.78 is 27.2. The number of nitrogens with zero attached hydrogens (tertiary/aromatic N) is 2. The first kappa shape index (κ1) is 18.8. The van der Waals surface area contributed by atoms with Gasteiger partial charge in [-0.05, 0) is 50.3 Å². The highest BCUT2D eigenvalue weighted by Gasteiger charge is 2.33. The van der Waals surface area contributed by atoms with Crippen LogP contribution in [0.15, 0.2) is 30.9 Å². The van der Waals surface area contributed by atoms with Crippen LogP contribution in [0.25, 0.3) is 0 Å². The molecule has 3 rings (SSSR count). The van der Waals surface area contributed by atoms with Crippen LogP contribution in [0, 0.1) is 23.5 Å².